The van der Waals surface area contributed by atoms with Crippen LogP contribution in [0.1, 0.15) is 38.8 Å². The molecule has 5 heteroatoms. The summed E-state index contributed by atoms with van der Waals surface area (Å²) in [5, 5.41) is 16.4. The Labute approximate surface area is 184 Å². The van der Waals surface area contributed by atoms with Gasteiger partial charge in [-0.3, -0.25) is 0 Å². The third kappa shape index (κ3) is 5.84. The lowest BCUT2D eigenvalue weighted by atomic mass is 9.81. The van der Waals surface area contributed by atoms with E-state index in [0.29, 0.717) is 6.42 Å². The number of nitrogens with one attached hydrogen (secondary N) is 1. The number of carbonyl (C=O) groups is 1. The number of benzene rings is 3. The standard InChI is InChI=1S/C26H32N2O3/c1-25(2,3)31-24(30)28-22(16-18-10-6-5-7-11-18)23(29)26(4,27)21-15-14-19-12-8-9-13-20(19)17-21/h5-15,17,22-23,29H,16,27H2,1-4H3,(H,28,30)/t22-,23+,26-/m1/s1. The van der Waals surface area contributed by atoms with E-state index in [2.05, 4.69) is 5.32 Å². The fourth-order valence-electron chi connectivity index (χ4n) is 3.68. The van der Waals surface area contributed by atoms with Crippen LogP contribution in [0.3, 0.4) is 0 Å². The molecule has 164 valence electrons. The van der Waals surface area contributed by atoms with Gasteiger partial charge in [-0.2, -0.15) is 0 Å². The second-order valence-corrected chi connectivity index (χ2v) is 9.23. The minimum atomic E-state index is -1.10. The summed E-state index contributed by atoms with van der Waals surface area (Å²) in [6.07, 6.45) is -1.22. The van der Waals surface area contributed by atoms with E-state index in [1.807, 2.05) is 72.8 Å². The Balaban J connectivity index is 1.90. The zero-order chi connectivity index (χ0) is 22.6. The average molecular weight is 421 g/mol. The summed E-state index contributed by atoms with van der Waals surface area (Å²) in [5.74, 6) is 0. The molecule has 3 aromatic rings. The van der Waals surface area contributed by atoms with Crippen LogP contribution in [0.2, 0.25) is 0 Å². The number of ether oxygens (including phenoxy) is 1. The number of carbonyl (C=O) groups excluding carboxylic acids is 1. The van der Waals surface area contributed by atoms with Crippen LogP contribution >= 0.6 is 0 Å². The van der Waals surface area contributed by atoms with Crippen molar-refractivity contribution in [1.82, 2.24) is 5.32 Å². The topological polar surface area (TPSA) is 84.6 Å². The van der Waals surface area contributed by atoms with Gasteiger partial charge in [0.25, 0.3) is 0 Å². The number of fused-ring (bicyclic) bond motifs is 1. The predicted octanol–water partition coefficient (Wildman–Crippen LogP) is 4.51. The summed E-state index contributed by atoms with van der Waals surface area (Å²) in [6.45, 7) is 7.20. The molecule has 0 heterocycles. The Morgan fingerprint density at radius 3 is 2.23 bits per heavy atom. The molecule has 0 aliphatic rings. The number of aliphatic hydroxyl groups is 1. The van der Waals surface area contributed by atoms with Gasteiger partial charge in [-0.05, 0) is 62.1 Å². The maximum Gasteiger partial charge on any atom is 0.407 e. The molecule has 1 amide bonds. The highest BCUT2D eigenvalue weighted by Crippen LogP contribution is 2.28. The van der Waals surface area contributed by atoms with Gasteiger partial charge in [0, 0.05) is 0 Å². The van der Waals surface area contributed by atoms with E-state index in [1.165, 1.54) is 0 Å². The third-order valence-corrected chi connectivity index (χ3v) is 5.37. The van der Waals surface area contributed by atoms with Crippen molar-refractivity contribution in [3.63, 3.8) is 0 Å². The molecule has 31 heavy (non-hydrogen) atoms. The van der Waals surface area contributed by atoms with E-state index in [1.54, 1.807) is 27.7 Å². The molecule has 3 atom stereocenters. The molecule has 0 saturated carbocycles. The molecule has 0 unspecified atom stereocenters. The van der Waals surface area contributed by atoms with Gasteiger partial charge in [0.1, 0.15) is 5.60 Å². The van der Waals surface area contributed by atoms with E-state index < -0.39 is 29.4 Å². The van der Waals surface area contributed by atoms with Crippen molar-refractivity contribution in [3.8, 4) is 0 Å². The first-order valence-corrected chi connectivity index (χ1v) is 10.6. The highest BCUT2D eigenvalue weighted by atomic mass is 16.6. The molecule has 0 aliphatic heterocycles. The Kier molecular flexibility index (Phi) is 6.68. The second kappa shape index (κ2) is 9.08. The minimum absolute atomic E-state index is 0.418. The first kappa shape index (κ1) is 22.8. The van der Waals surface area contributed by atoms with E-state index in [0.717, 1.165) is 21.9 Å². The summed E-state index contributed by atoms with van der Waals surface area (Å²) in [4.78, 5) is 12.5. The largest absolute Gasteiger partial charge is 0.444 e. The van der Waals surface area contributed by atoms with Crippen molar-refractivity contribution >= 4 is 16.9 Å². The lowest BCUT2D eigenvalue weighted by Crippen LogP contribution is -2.57. The van der Waals surface area contributed by atoms with Gasteiger partial charge in [-0.15, -0.1) is 0 Å². The highest BCUT2D eigenvalue weighted by Gasteiger charge is 2.38. The van der Waals surface area contributed by atoms with Crippen LogP contribution in [0.15, 0.2) is 72.8 Å². The Hall–Kier alpha value is -2.89. The summed E-state index contributed by atoms with van der Waals surface area (Å²) in [6, 6.07) is 23.0. The monoisotopic (exact) mass is 420 g/mol. The SMILES string of the molecule is CC(C)(C)OC(=O)N[C@H](Cc1ccccc1)[C@H](O)[C@](C)(N)c1ccc2ccccc2c1. The Morgan fingerprint density at radius 2 is 1.58 bits per heavy atom. The number of nitrogens with two attached hydrogens (primary N) is 1. The van der Waals surface area contributed by atoms with Crippen LogP contribution in [0.25, 0.3) is 10.8 Å². The summed E-state index contributed by atoms with van der Waals surface area (Å²) in [7, 11) is 0. The zero-order valence-electron chi connectivity index (χ0n) is 18.6. The zero-order valence-corrected chi connectivity index (χ0v) is 18.6. The summed E-state index contributed by atoms with van der Waals surface area (Å²) >= 11 is 0. The van der Waals surface area contributed by atoms with Gasteiger partial charge in [-0.25, -0.2) is 4.79 Å². The Bertz CT molecular complexity index is 1030. The van der Waals surface area contributed by atoms with Gasteiger partial charge < -0.3 is 20.9 Å². The maximum atomic E-state index is 12.5. The smallest absolute Gasteiger partial charge is 0.407 e. The molecular formula is C26H32N2O3. The fraction of sp³-hybridized carbons (Fsp3) is 0.346. The van der Waals surface area contributed by atoms with Crippen LogP contribution in [0.4, 0.5) is 4.79 Å². The molecule has 5 nitrogen and oxygen atoms in total. The van der Waals surface area contributed by atoms with Gasteiger partial charge in [0.15, 0.2) is 0 Å². The fourth-order valence-corrected chi connectivity index (χ4v) is 3.68. The van der Waals surface area contributed by atoms with Crippen molar-refractivity contribution in [3.05, 3.63) is 83.9 Å². The molecule has 0 radical (unpaired) electrons. The highest BCUT2D eigenvalue weighted by molar-refractivity contribution is 5.83. The second-order valence-electron chi connectivity index (χ2n) is 9.23. The van der Waals surface area contributed by atoms with Crippen molar-refractivity contribution in [1.29, 1.82) is 0 Å². The summed E-state index contributed by atoms with van der Waals surface area (Å²) < 4.78 is 5.43. The predicted molar refractivity (Wildman–Crippen MR) is 125 cm³/mol. The number of alkyl carbamates (subject to hydrolysis) is 1. The first-order chi connectivity index (χ1) is 14.6. The van der Waals surface area contributed by atoms with E-state index in [-0.39, 0.29) is 0 Å². The third-order valence-electron chi connectivity index (χ3n) is 5.37. The number of hydrogen-bond donors (Lipinski definition) is 3. The van der Waals surface area contributed by atoms with Gasteiger partial charge in [0.05, 0.1) is 17.7 Å². The molecule has 0 aromatic heterocycles. The van der Waals surface area contributed by atoms with E-state index >= 15 is 0 Å². The molecule has 4 N–H and O–H groups in total. The van der Waals surface area contributed by atoms with Crippen LogP contribution in [-0.4, -0.2) is 28.9 Å². The normalized spacial score (nSPS) is 15.7. The molecule has 3 rings (SSSR count). The van der Waals surface area contributed by atoms with Gasteiger partial charge >= 0.3 is 6.09 Å². The van der Waals surface area contributed by atoms with Crippen molar-refractivity contribution < 1.29 is 14.6 Å². The molecule has 3 aromatic carbocycles. The lowest BCUT2D eigenvalue weighted by Gasteiger charge is -2.37. The number of rotatable bonds is 6. The van der Waals surface area contributed by atoms with Crippen LogP contribution in [-0.2, 0) is 16.7 Å². The molecular weight excluding hydrogens is 388 g/mol. The number of amides is 1. The maximum absolute atomic E-state index is 12.5. The number of hydrogen-bond acceptors (Lipinski definition) is 4. The van der Waals surface area contributed by atoms with E-state index in [9.17, 15) is 9.90 Å². The first-order valence-electron chi connectivity index (χ1n) is 10.6. The van der Waals surface area contributed by atoms with Crippen molar-refractivity contribution in [2.45, 2.75) is 57.4 Å². The molecule has 0 aliphatic carbocycles. The van der Waals surface area contributed by atoms with Gasteiger partial charge in [0.2, 0.25) is 0 Å². The Morgan fingerprint density at radius 1 is 0.968 bits per heavy atom. The van der Waals surface area contributed by atoms with Crippen LogP contribution < -0.4 is 11.1 Å². The quantitative estimate of drug-likeness (QED) is 0.548. The molecule has 0 fully saturated rings. The van der Waals surface area contributed by atoms with Crippen molar-refractivity contribution in [2.75, 3.05) is 0 Å². The number of aliphatic hydroxyl groups excluding tert-OH is 1. The summed E-state index contributed by atoms with van der Waals surface area (Å²) in [5.41, 5.74) is 6.72. The van der Waals surface area contributed by atoms with Crippen molar-refractivity contribution in [2.24, 2.45) is 5.73 Å². The van der Waals surface area contributed by atoms with Gasteiger partial charge in [-0.1, -0.05) is 66.7 Å². The van der Waals surface area contributed by atoms with Crippen LogP contribution in [0, 0.1) is 0 Å². The van der Waals surface area contributed by atoms with Crippen LogP contribution in [0.5, 0.6) is 0 Å². The molecule has 0 saturated heterocycles. The average Bonchev–Trinajstić information content (AvgIpc) is 2.71. The van der Waals surface area contributed by atoms with E-state index in [4.69, 9.17) is 10.5 Å². The molecule has 0 spiro atoms. The minimum Gasteiger partial charge on any atom is -0.444 e. The molecule has 0 bridgehead atoms. The lowest BCUT2D eigenvalue weighted by molar-refractivity contribution is 0.0276.